The Kier molecular flexibility index (Phi) is 3.85. The molecule has 1 aromatic rings. The number of imide groups is 1. The van der Waals surface area contributed by atoms with Crippen molar-refractivity contribution in [2.75, 3.05) is 13.3 Å². The second-order valence-electron chi connectivity index (χ2n) is 7.31. The van der Waals surface area contributed by atoms with Crippen LogP contribution in [0.4, 0.5) is 4.79 Å². The summed E-state index contributed by atoms with van der Waals surface area (Å²) >= 11 is 0. The zero-order valence-electron chi connectivity index (χ0n) is 14.6. The zero-order chi connectivity index (χ0) is 18.4. The van der Waals surface area contributed by atoms with Gasteiger partial charge < -0.3 is 20.1 Å². The van der Waals surface area contributed by atoms with Gasteiger partial charge in [0, 0.05) is 5.54 Å². The number of ether oxygens (including phenoxy) is 2. The molecule has 3 rings (SSSR count). The first-order valence-corrected chi connectivity index (χ1v) is 7.95. The summed E-state index contributed by atoms with van der Waals surface area (Å²) in [5.74, 6) is 0.224. The third-order valence-corrected chi connectivity index (χ3v) is 4.04. The molecule has 2 N–H and O–H groups in total. The molecular weight excluding hydrogens is 326 g/mol. The molecule has 4 amide bonds. The van der Waals surface area contributed by atoms with Gasteiger partial charge >= 0.3 is 6.03 Å². The molecule has 1 aromatic carbocycles. The van der Waals surface area contributed by atoms with Crippen molar-refractivity contribution in [3.8, 4) is 11.5 Å². The largest absolute Gasteiger partial charge is 0.454 e. The van der Waals surface area contributed by atoms with Gasteiger partial charge in [0.25, 0.3) is 5.91 Å². The van der Waals surface area contributed by atoms with Crippen molar-refractivity contribution >= 4 is 17.8 Å². The minimum Gasteiger partial charge on any atom is -0.454 e. The second-order valence-corrected chi connectivity index (χ2v) is 7.31. The maximum absolute atomic E-state index is 12.8. The minimum atomic E-state index is -1.26. The Morgan fingerprint density at radius 2 is 1.96 bits per heavy atom. The summed E-state index contributed by atoms with van der Waals surface area (Å²) in [4.78, 5) is 38.1. The molecule has 25 heavy (non-hydrogen) atoms. The van der Waals surface area contributed by atoms with E-state index in [-0.39, 0.29) is 13.3 Å². The molecule has 0 unspecified atom stereocenters. The molecule has 1 fully saturated rings. The van der Waals surface area contributed by atoms with Crippen LogP contribution in [0.15, 0.2) is 18.2 Å². The van der Waals surface area contributed by atoms with Gasteiger partial charge in [0.15, 0.2) is 11.5 Å². The monoisotopic (exact) mass is 347 g/mol. The number of fused-ring (bicyclic) bond motifs is 1. The lowest BCUT2D eigenvalue weighted by Crippen LogP contribution is -2.48. The minimum absolute atomic E-state index is 0.120. The van der Waals surface area contributed by atoms with Gasteiger partial charge in [0.05, 0.1) is 0 Å². The smallest absolute Gasteiger partial charge is 0.325 e. The van der Waals surface area contributed by atoms with Gasteiger partial charge in [0.1, 0.15) is 12.1 Å². The quantitative estimate of drug-likeness (QED) is 0.798. The van der Waals surface area contributed by atoms with Gasteiger partial charge in [-0.2, -0.15) is 0 Å². The maximum Gasteiger partial charge on any atom is 0.325 e. The second kappa shape index (κ2) is 5.65. The maximum atomic E-state index is 12.8. The predicted octanol–water partition coefficient (Wildman–Crippen LogP) is 1.10. The number of carbonyl (C=O) groups is 3. The molecule has 2 aliphatic rings. The van der Waals surface area contributed by atoms with Crippen LogP contribution in [0.5, 0.6) is 11.5 Å². The molecule has 8 heteroatoms. The molecule has 1 saturated heterocycles. The van der Waals surface area contributed by atoms with E-state index in [0.717, 1.165) is 4.90 Å². The number of amides is 4. The summed E-state index contributed by atoms with van der Waals surface area (Å²) in [7, 11) is 0. The van der Waals surface area contributed by atoms with Crippen LogP contribution in [0.2, 0.25) is 0 Å². The van der Waals surface area contributed by atoms with Crippen LogP contribution in [0.25, 0.3) is 0 Å². The summed E-state index contributed by atoms with van der Waals surface area (Å²) in [6.07, 6.45) is 0. The summed E-state index contributed by atoms with van der Waals surface area (Å²) in [6.45, 7) is 6.87. The van der Waals surface area contributed by atoms with Crippen molar-refractivity contribution in [3.63, 3.8) is 0 Å². The molecule has 134 valence electrons. The fourth-order valence-corrected chi connectivity index (χ4v) is 2.85. The van der Waals surface area contributed by atoms with E-state index in [9.17, 15) is 14.4 Å². The lowest BCUT2D eigenvalue weighted by molar-refractivity contribution is -0.135. The summed E-state index contributed by atoms with van der Waals surface area (Å²) in [5, 5.41) is 5.41. The molecule has 0 aliphatic carbocycles. The van der Waals surface area contributed by atoms with Crippen molar-refractivity contribution in [3.05, 3.63) is 23.8 Å². The standard InChI is InChI=1S/C17H21N3O5/c1-16(2,3)18-13(21)8-20-14(22)17(4,19-15(20)23)10-5-6-11-12(7-10)25-9-24-11/h5-7H,8-9H2,1-4H3,(H,18,21)(H,19,23)/t17-/m1/s1. The van der Waals surface area contributed by atoms with Crippen LogP contribution in [0.3, 0.4) is 0 Å². The fraction of sp³-hybridized carbons (Fsp3) is 0.471. The molecule has 0 spiro atoms. The van der Waals surface area contributed by atoms with Gasteiger partial charge in [-0.15, -0.1) is 0 Å². The highest BCUT2D eigenvalue weighted by Gasteiger charge is 2.50. The highest BCUT2D eigenvalue weighted by molar-refractivity contribution is 6.09. The Labute approximate surface area is 145 Å². The van der Waals surface area contributed by atoms with Crippen LogP contribution < -0.4 is 20.1 Å². The molecular formula is C17H21N3O5. The summed E-state index contributed by atoms with van der Waals surface area (Å²) in [5.41, 5.74) is -1.15. The van der Waals surface area contributed by atoms with Crippen molar-refractivity contribution in [1.29, 1.82) is 0 Å². The first kappa shape index (κ1) is 17.1. The van der Waals surface area contributed by atoms with E-state index in [1.165, 1.54) is 0 Å². The van der Waals surface area contributed by atoms with Crippen molar-refractivity contribution in [2.24, 2.45) is 0 Å². The Balaban J connectivity index is 1.81. The highest BCUT2D eigenvalue weighted by Crippen LogP contribution is 2.37. The van der Waals surface area contributed by atoms with E-state index < -0.39 is 28.9 Å². The van der Waals surface area contributed by atoms with E-state index in [1.54, 1.807) is 25.1 Å². The molecule has 0 radical (unpaired) electrons. The van der Waals surface area contributed by atoms with Crippen molar-refractivity contribution < 1.29 is 23.9 Å². The molecule has 8 nitrogen and oxygen atoms in total. The normalized spacial score (nSPS) is 22.2. The molecule has 1 atom stereocenters. The number of benzene rings is 1. The lowest BCUT2D eigenvalue weighted by Gasteiger charge is -2.24. The van der Waals surface area contributed by atoms with Crippen LogP contribution >= 0.6 is 0 Å². The van der Waals surface area contributed by atoms with E-state index in [1.807, 2.05) is 20.8 Å². The Hall–Kier alpha value is -2.77. The molecule has 0 bridgehead atoms. The first-order valence-electron chi connectivity index (χ1n) is 7.95. The van der Waals surface area contributed by atoms with Gasteiger partial charge in [-0.1, -0.05) is 6.07 Å². The number of urea groups is 1. The molecule has 2 heterocycles. The van der Waals surface area contributed by atoms with E-state index in [0.29, 0.717) is 17.1 Å². The Morgan fingerprint density at radius 3 is 2.64 bits per heavy atom. The zero-order valence-corrected chi connectivity index (χ0v) is 14.6. The number of nitrogens with zero attached hydrogens (tertiary/aromatic N) is 1. The van der Waals surface area contributed by atoms with E-state index in [2.05, 4.69) is 10.6 Å². The third-order valence-electron chi connectivity index (χ3n) is 4.04. The van der Waals surface area contributed by atoms with Crippen LogP contribution in [0, 0.1) is 0 Å². The topological polar surface area (TPSA) is 97.0 Å². The predicted molar refractivity (Wildman–Crippen MR) is 88.1 cm³/mol. The molecule has 0 saturated carbocycles. The van der Waals surface area contributed by atoms with E-state index in [4.69, 9.17) is 9.47 Å². The van der Waals surface area contributed by atoms with Gasteiger partial charge in [0.2, 0.25) is 12.7 Å². The lowest BCUT2D eigenvalue weighted by atomic mass is 9.91. The van der Waals surface area contributed by atoms with Crippen LogP contribution in [0.1, 0.15) is 33.3 Å². The Bertz CT molecular complexity index is 755. The summed E-state index contributed by atoms with van der Waals surface area (Å²) < 4.78 is 10.6. The SMILES string of the molecule is CC(C)(C)NC(=O)CN1C(=O)N[C@](C)(c2ccc3c(c2)OCO3)C1=O. The highest BCUT2D eigenvalue weighted by atomic mass is 16.7. The fourth-order valence-electron chi connectivity index (χ4n) is 2.85. The van der Waals surface area contributed by atoms with E-state index >= 15 is 0 Å². The average Bonchev–Trinajstić information content (AvgIpc) is 3.04. The number of hydrogen-bond donors (Lipinski definition) is 2. The van der Waals surface area contributed by atoms with Gasteiger partial charge in [-0.05, 0) is 45.4 Å². The number of hydrogen-bond acceptors (Lipinski definition) is 5. The summed E-state index contributed by atoms with van der Waals surface area (Å²) in [6, 6.07) is 4.45. The van der Waals surface area contributed by atoms with Crippen molar-refractivity contribution in [2.45, 2.75) is 38.8 Å². The molecule has 2 aliphatic heterocycles. The number of carbonyl (C=O) groups excluding carboxylic acids is 3. The molecule has 0 aromatic heterocycles. The van der Waals surface area contributed by atoms with Crippen molar-refractivity contribution in [1.82, 2.24) is 15.5 Å². The number of nitrogens with one attached hydrogen (secondary N) is 2. The van der Waals surface area contributed by atoms with Crippen LogP contribution in [-0.2, 0) is 15.1 Å². The average molecular weight is 347 g/mol. The van der Waals surface area contributed by atoms with Gasteiger partial charge in [-0.25, -0.2) is 4.79 Å². The first-order chi connectivity index (χ1) is 11.6. The number of rotatable bonds is 3. The van der Waals surface area contributed by atoms with Gasteiger partial charge in [-0.3, -0.25) is 14.5 Å². The Morgan fingerprint density at radius 1 is 1.28 bits per heavy atom. The third kappa shape index (κ3) is 3.11. The van der Waals surface area contributed by atoms with Crippen LogP contribution in [-0.4, -0.2) is 41.6 Å².